The average Bonchev–Trinajstić information content (AvgIpc) is 3.10. The smallest absolute Gasteiger partial charge is 0.414 e. The Morgan fingerprint density at radius 2 is 1.74 bits per heavy atom. The molecule has 1 aliphatic carbocycles. The number of hydrogen-bond acceptors (Lipinski definition) is 3. The van der Waals surface area contributed by atoms with E-state index in [1.807, 2.05) is 12.1 Å². The molecule has 2 rings (SSSR count). The first-order chi connectivity index (χ1) is 8.85. The SMILES string of the molecule is CC(C)(C)OC(=O)NC(=O)c1ccc(C2CC2)cc1. The van der Waals surface area contributed by atoms with Crippen LogP contribution in [0, 0.1) is 0 Å². The van der Waals surface area contributed by atoms with Crippen LogP contribution in [0.1, 0.15) is 55.5 Å². The third-order valence-electron chi connectivity index (χ3n) is 2.84. The van der Waals surface area contributed by atoms with Gasteiger partial charge in [0.25, 0.3) is 5.91 Å². The summed E-state index contributed by atoms with van der Waals surface area (Å²) in [5.41, 5.74) is 1.12. The molecule has 0 radical (unpaired) electrons. The highest BCUT2D eigenvalue weighted by Gasteiger charge is 2.23. The molecule has 4 nitrogen and oxygen atoms in total. The molecular formula is C15H19NO3. The molecule has 102 valence electrons. The number of amides is 2. The van der Waals surface area contributed by atoms with E-state index in [-0.39, 0.29) is 0 Å². The van der Waals surface area contributed by atoms with Crippen LogP contribution in [0.3, 0.4) is 0 Å². The number of nitrogens with one attached hydrogen (secondary N) is 1. The van der Waals surface area contributed by atoms with Crippen LogP contribution in [0.4, 0.5) is 4.79 Å². The Hall–Kier alpha value is -1.84. The molecule has 0 aromatic heterocycles. The lowest BCUT2D eigenvalue weighted by molar-refractivity contribution is 0.0508. The molecular weight excluding hydrogens is 242 g/mol. The molecule has 0 bridgehead atoms. The first-order valence-electron chi connectivity index (χ1n) is 6.49. The monoisotopic (exact) mass is 261 g/mol. The molecule has 1 fully saturated rings. The van der Waals surface area contributed by atoms with E-state index in [9.17, 15) is 9.59 Å². The molecule has 0 atom stereocenters. The van der Waals surface area contributed by atoms with Crippen LogP contribution in [-0.2, 0) is 4.74 Å². The van der Waals surface area contributed by atoms with Gasteiger partial charge in [0.15, 0.2) is 0 Å². The summed E-state index contributed by atoms with van der Waals surface area (Å²) in [5, 5.41) is 2.22. The van der Waals surface area contributed by atoms with E-state index < -0.39 is 17.6 Å². The van der Waals surface area contributed by atoms with Crippen molar-refractivity contribution in [1.29, 1.82) is 0 Å². The molecule has 0 aliphatic heterocycles. The van der Waals surface area contributed by atoms with E-state index >= 15 is 0 Å². The first kappa shape index (κ1) is 13.6. The van der Waals surface area contributed by atoms with Crippen LogP contribution in [-0.4, -0.2) is 17.6 Å². The maximum atomic E-state index is 11.8. The van der Waals surface area contributed by atoms with Crippen LogP contribution >= 0.6 is 0 Å². The third kappa shape index (κ3) is 4.09. The van der Waals surface area contributed by atoms with E-state index in [4.69, 9.17) is 4.74 Å². The van der Waals surface area contributed by atoms with Crippen molar-refractivity contribution in [1.82, 2.24) is 5.32 Å². The van der Waals surface area contributed by atoms with Gasteiger partial charge in [0.05, 0.1) is 0 Å². The quantitative estimate of drug-likeness (QED) is 0.889. The molecule has 1 saturated carbocycles. The Bertz CT molecular complexity index is 481. The highest BCUT2D eigenvalue weighted by molar-refractivity contribution is 6.02. The summed E-state index contributed by atoms with van der Waals surface area (Å²) < 4.78 is 5.03. The summed E-state index contributed by atoms with van der Waals surface area (Å²) >= 11 is 0. The fourth-order valence-electron chi connectivity index (χ4n) is 1.79. The third-order valence-corrected chi connectivity index (χ3v) is 2.84. The summed E-state index contributed by atoms with van der Waals surface area (Å²) in [7, 11) is 0. The lowest BCUT2D eigenvalue weighted by Crippen LogP contribution is -2.36. The number of carbonyl (C=O) groups is 2. The van der Waals surface area contributed by atoms with Crippen LogP contribution in [0.15, 0.2) is 24.3 Å². The van der Waals surface area contributed by atoms with E-state index in [1.165, 1.54) is 18.4 Å². The van der Waals surface area contributed by atoms with Crippen molar-refractivity contribution in [2.75, 3.05) is 0 Å². The highest BCUT2D eigenvalue weighted by atomic mass is 16.6. The summed E-state index contributed by atoms with van der Waals surface area (Å²) in [6, 6.07) is 7.38. The standard InChI is InChI=1S/C15H19NO3/c1-15(2,3)19-14(18)16-13(17)12-8-6-11(7-9-12)10-4-5-10/h6-10H,4-5H2,1-3H3,(H,16,17,18). The minimum absolute atomic E-state index is 0.434. The Kier molecular flexibility index (Phi) is 3.60. The van der Waals surface area contributed by atoms with Gasteiger partial charge in [0.1, 0.15) is 5.60 Å². The van der Waals surface area contributed by atoms with Gasteiger partial charge < -0.3 is 4.74 Å². The zero-order valence-corrected chi connectivity index (χ0v) is 11.5. The molecule has 1 aromatic carbocycles. The van der Waals surface area contributed by atoms with Crippen LogP contribution in [0.25, 0.3) is 0 Å². The Balaban J connectivity index is 1.93. The predicted molar refractivity (Wildman–Crippen MR) is 72.1 cm³/mol. The van der Waals surface area contributed by atoms with Gasteiger partial charge >= 0.3 is 6.09 Å². The Morgan fingerprint density at radius 1 is 1.16 bits per heavy atom. The minimum atomic E-state index is -0.719. The molecule has 0 heterocycles. The van der Waals surface area contributed by atoms with Crippen molar-refractivity contribution in [2.24, 2.45) is 0 Å². The zero-order valence-electron chi connectivity index (χ0n) is 11.5. The van der Waals surface area contributed by atoms with Crippen molar-refractivity contribution in [3.63, 3.8) is 0 Å². The predicted octanol–water partition coefficient (Wildman–Crippen LogP) is 3.23. The second-order valence-corrected chi connectivity index (χ2v) is 5.85. The number of benzene rings is 1. The number of imide groups is 1. The van der Waals surface area contributed by atoms with Crippen LogP contribution in [0.2, 0.25) is 0 Å². The largest absolute Gasteiger partial charge is 0.444 e. The molecule has 4 heteroatoms. The van der Waals surface area contributed by atoms with Gasteiger partial charge in [0, 0.05) is 5.56 Å². The van der Waals surface area contributed by atoms with Crippen molar-refractivity contribution < 1.29 is 14.3 Å². The van der Waals surface area contributed by atoms with E-state index in [0.717, 1.165) is 0 Å². The van der Waals surface area contributed by atoms with Crippen LogP contribution in [0.5, 0.6) is 0 Å². The van der Waals surface area contributed by atoms with Gasteiger partial charge in [-0.1, -0.05) is 12.1 Å². The summed E-state index contributed by atoms with van der Waals surface area (Å²) in [6.07, 6.45) is 1.73. The molecule has 1 aliphatic rings. The van der Waals surface area contributed by atoms with Crippen molar-refractivity contribution in [3.8, 4) is 0 Å². The fourth-order valence-corrected chi connectivity index (χ4v) is 1.79. The van der Waals surface area contributed by atoms with E-state index in [2.05, 4.69) is 5.32 Å². The van der Waals surface area contributed by atoms with Crippen molar-refractivity contribution >= 4 is 12.0 Å². The van der Waals surface area contributed by atoms with Gasteiger partial charge in [0.2, 0.25) is 0 Å². The highest BCUT2D eigenvalue weighted by Crippen LogP contribution is 2.39. The minimum Gasteiger partial charge on any atom is -0.444 e. The number of carbonyl (C=O) groups excluding carboxylic acids is 2. The first-order valence-corrected chi connectivity index (χ1v) is 6.49. The summed E-state index contributed by atoms with van der Waals surface area (Å²) in [5.74, 6) is 0.222. The van der Waals surface area contributed by atoms with Gasteiger partial charge in [-0.2, -0.15) is 0 Å². The molecule has 0 saturated heterocycles. The zero-order chi connectivity index (χ0) is 14.0. The van der Waals surface area contributed by atoms with Gasteiger partial charge in [-0.25, -0.2) is 4.79 Å². The maximum Gasteiger partial charge on any atom is 0.414 e. The van der Waals surface area contributed by atoms with Crippen molar-refractivity contribution in [3.05, 3.63) is 35.4 Å². The number of rotatable bonds is 2. The molecule has 2 amide bonds. The Labute approximate surface area is 113 Å². The summed E-state index contributed by atoms with van der Waals surface area (Å²) in [6.45, 7) is 5.25. The van der Waals surface area contributed by atoms with Crippen LogP contribution < -0.4 is 5.32 Å². The molecule has 1 aromatic rings. The van der Waals surface area contributed by atoms with Crippen molar-refractivity contribution in [2.45, 2.75) is 45.1 Å². The van der Waals surface area contributed by atoms with E-state index in [0.29, 0.717) is 11.5 Å². The van der Waals surface area contributed by atoms with Gasteiger partial charge in [-0.15, -0.1) is 0 Å². The molecule has 1 N–H and O–H groups in total. The van der Waals surface area contributed by atoms with Gasteiger partial charge in [-0.3, -0.25) is 10.1 Å². The number of hydrogen-bond donors (Lipinski definition) is 1. The lowest BCUT2D eigenvalue weighted by Gasteiger charge is -2.19. The second-order valence-electron chi connectivity index (χ2n) is 5.85. The maximum absolute atomic E-state index is 11.8. The molecule has 0 spiro atoms. The molecule has 0 unspecified atom stereocenters. The average molecular weight is 261 g/mol. The van der Waals surface area contributed by atoms with Gasteiger partial charge in [-0.05, 0) is 57.2 Å². The normalized spacial score (nSPS) is 14.9. The van der Waals surface area contributed by atoms with E-state index in [1.54, 1.807) is 32.9 Å². The number of ether oxygens (including phenoxy) is 1. The fraction of sp³-hybridized carbons (Fsp3) is 0.467. The summed E-state index contributed by atoms with van der Waals surface area (Å²) in [4.78, 5) is 23.3. The number of alkyl carbamates (subject to hydrolysis) is 1. The molecule has 19 heavy (non-hydrogen) atoms. The topological polar surface area (TPSA) is 55.4 Å². The lowest BCUT2D eigenvalue weighted by atomic mass is 10.1. The Morgan fingerprint density at radius 3 is 2.21 bits per heavy atom. The second kappa shape index (κ2) is 5.03.